The van der Waals surface area contributed by atoms with Crippen molar-refractivity contribution in [1.29, 1.82) is 5.26 Å². The summed E-state index contributed by atoms with van der Waals surface area (Å²) >= 11 is 0. The molecule has 0 bridgehead atoms. The third-order valence-electron chi connectivity index (χ3n) is 3.96. The van der Waals surface area contributed by atoms with Crippen LogP contribution in [0.15, 0.2) is 24.3 Å². The van der Waals surface area contributed by atoms with Gasteiger partial charge in [0.15, 0.2) is 0 Å². The Morgan fingerprint density at radius 2 is 2.00 bits per heavy atom. The van der Waals surface area contributed by atoms with Gasteiger partial charge in [-0.15, -0.1) is 0 Å². The molecule has 92 valence electrons. The fraction of sp³-hybridized carbons (Fsp3) is 0.400. The average Bonchev–Trinajstić information content (AvgIpc) is 2.83. The Labute approximate surface area is 107 Å². The molecule has 0 aliphatic carbocycles. The van der Waals surface area contributed by atoms with E-state index in [4.69, 9.17) is 0 Å². The zero-order chi connectivity index (χ0) is 12.6. The first-order valence-electron chi connectivity index (χ1n) is 6.45. The van der Waals surface area contributed by atoms with Crippen molar-refractivity contribution in [2.75, 3.05) is 13.1 Å². The number of nitrogens with zero attached hydrogens (tertiary/aromatic N) is 1. The number of hydrogen-bond acceptors (Lipinski definition) is 2. The van der Waals surface area contributed by atoms with Crippen LogP contribution in [0, 0.1) is 18.3 Å². The Bertz CT molecular complexity index is 612. The van der Waals surface area contributed by atoms with Gasteiger partial charge in [0, 0.05) is 11.2 Å². The van der Waals surface area contributed by atoms with E-state index >= 15 is 0 Å². The van der Waals surface area contributed by atoms with E-state index < -0.39 is 0 Å². The average molecular weight is 239 g/mol. The second-order valence-electron chi connectivity index (χ2n) is 5.22. The topological polar surface area (TPSA) is 51.6 Å². The molecule has 1 fully saturated rings. The van der Waals surface area contributed by atoms with Crippen molar-refractivity contribution < 1.29 is 0 Å². The fourth-order valence-electron chi connectivity index (χ4n) is 2.79. The molecule has 1 aliphatic heterocycles. The normalized spacial score (nSPS) is 18.7. The SMILES string of the molecule is Cc1ccc2cc(C3(C#N)CCNCC3)[nH]c2c1. The first-order valence-corrected chi connectivity index (χ1v) is 6.45. The highest BCUT2D eigenvalue weighted by Crippen LogP contribution is 2.34. The molecule has 0 saturated carbocycles. The van der Waals surface area contributed by atoms with Gasteiger partial charge in [-0.25, -0.2) is 0 Å². The Morgan fingerprint density at radius 3 is 2.72 bits per heavy atom. The van der Waals surface area contributed by atoms with Crippen molar-refractivity contribution >= 4 is 10.9 Å². The van der Waals surface area contributed by atoms with E-state index in [-0.39, 0.29) is 5.41 Å². The van der Waals surface area contributed by atoms with E-state index in [2.05, 4.69) is 47.6 Å². The van der Waals surface area contributed by atoms with E-state index in [0.29, 0.717) is 0 Å². The maximum atomic E-state index is 9.58. The molecule has 2 N–H and O–H groups in total. The van der Waals surface area contributed by atoms with Crippen LogP contribution in [0.25, 0.3) is 10.9 Å². The number of piperidine rings is 1. The van der Waals surface area contributed by atoms with Crippen LogP contribution in [0.2, 0.25) is 0 Å². The zero-order valence-electron chi connectivity index (χ0n) is 10.6. The third kappa shape index (κ3) is 1.70. The number of rotatable bonds is 1. The fourth-order valence-corrected chi connectivity index (χ4v) is 2.79. The number of hydrogen-bond donors (Lipinski definition) is 2. The van der Waals surface area contributed by atoms with Crippen LogP contribution in [-0.4, -0.2) is 18.1 Å². The predicted octanol–water partition coefficient (Wildman–Crippen LogP) is 2.62. The number of aromatic nitrogens is 1. The van der Waals surface area contributed by atoms with E-state index in [1.807, 2.05) is 0 Å². The molecular formula is C15H17N3. The molecule has 2 heterocycles. The van der Waals surface area contributed by atoms with Gasteiger partial charge in [-0.1, -0.05) is 12.1 Å². The van der Waals surface area contributed by atoms with Gasteiger partial charge in [-0.05, 0) is 55.9 Å². The Hall–Kier alpha value is -1.79. The first-order chi connectivity index (χ1) is 8.73. The highest BCUT2D eigenvalue weighted by molar-refractivity contribution is 5.81. The van der Waals surface area contributed by atoms with Crippen LogP contribution < -0.4 is 5.32 Å². The van der Waals surface area contributed by atoms with Crippen molar-refractivity contribution in [3.63, 3.8) is 0 Å². The van der Waals surface area contributed by atoms with Crippen LogP contribution >= 0.6 is 0 Å². The monoisotopic (exact) mass is 239 g/mol. The van der Waals surface area contributed by atoms with E-state index in [0.717, 1.165) is 37.1 Å². The van der Waals surface area contributed by atoms with Crippen molar-refractivity contribution in [3.8, 4) is 6.07 Å². The van der Waals surface area contributed by atoms with Gasteiger partial charge in [-0.2, -0.15) is 5.26 Å². The molecule has 0 amide bonds. The Balaban J connectivity index is 2.10. The molecule has 18 heavy (non-hydrogen) atoms. The van der Waals surface area contributed by atoms with Gasteiger partial charge < -0.3 is 10.3 Å². The molecule has 0 radical (unpaired) electrons. The lowest BCUT2D eigenvalue weighted by Gasteiger charge is -2.30. The van der Waals surface area contributed by atoms with Crippen molar-refractivity contribution in [1.82, 2.24) is 10.3 Å². The number of aromatic amines is 1. The van der Waals surface area contributed by atoms with E-state index in [1.54, 1.807) is 0 Å². The summed E-state index contributed by atoms with van der Waals surface area (Å²) in [5.41, 5.74) is 3.12. The number of fused-ring (bicyclic) bond motifs is 1. The first kappa shape index (κ1) is 11.3. The molecule has 1 aromatic heterocycles. The van der Waals surface area contributed by atoms with Crippen LogP contribution in [-0.2, 0) is 5.41 Å². The quantitative estimate of drug-likeness (QED) is 0.803. The number of nitrogens with one attached hydrogen (secondary N) is 2. The van der Waals surface area contributed by atoms with Crippen LogP contribution in [0.4, 0.5) is 0 Å². The molecular weight excluding hydrogens is 222 g/mol. The molecule has 0 atom stereocenters. The van der Waals surface area contributed by atoms with Gasteiger partial charge in [-0.3, -0.25) is 0 Å². The predicted molar refractivity (Wildman–Crippen MR) is 72.4 cm³/mol. The number of nitriles is 1. The van der Waals surface area contributed by atoms with E-state index in [1.165, 1.54) is 10.9 Å². The third-order valence-corrected chi connectivity index (χ3v) is 3.96. The lowest BCUT2D eigenvalue weighted by atomic mass is 9.77. The number of benzene rings is 1. The number of aryl methyl sites for hydroxylation is 1. The van der Waals surface area contributed by atoms with Gasteiger partial charge in [0.1, 0.15) is 0 Å². The summed E-state index contributed by atoms with van der Waals surface area (Å²) in [5.74, 6) is 0. The van der Waals surface area contributed by atoms with Crippen molar-refractivity contribution in [3.05, 3.63) is 35.5 Å². The summed E-state index contributed by atoms with van der Waals surface area (Å²) in [6, 6.07) is 11.1. The standard InChI is InChI=1S/C15H17N3/c1-11-2-3-12-9-14(18-13(12)8-11)15(10-16)4-6-17-7-5-15/h2-3,8-9,17-18H,4-7H2,1H3. The second-order valence-corrected chi connectivity index (χ2v) is 5.22. The number of H-pyrrole nitrogens is 1. The van der Waals surface area contributed by atoms with Crippen LogP contribution in [0.1, 0.15) is 24.1 Å². The minimum atomic E-state index is -0.335. The Kier molecular flexibility index (Phi) is 2.61. The van der Waals surface area contributed by atoms with Crippen molar-refractivity contribution in [2.45, 2.75) is 25.2 Å². The van der Waals surface area contributed by atoms with Gasteiger partial charge in [0.05, 0.1) is 11.5 Å². The summed E-state index contributed by atoms with van der Waals surface area (Å²) in [6.45, 7) is 3.93. The lowest BCUT2D eigenvalue weighted by molar-refractivity contribution is 0.376. The summed E-state index contributed by atoms with van der Waals surface area (Å²) in [4.78, 5) is 3.45. The highest BCUT2D eigenvalue weighted by atomic mass is 14.9. The zero-order valence-corrected chi connectivity index (χ0v) is 10.6. The molecule has 2 aromatic rings. The summed E-state index contributed by atoms with van der Waals surface area (Å²) in [5, 5.41) is 14.1. The smallest absolute Gasteiger partial charge is 0.0995 e. The van der Waals surface area contributed by atoms with Gasteiger partial charge in [0.25, 0.3) is 0 Å². The van der Waals surface area contributed by atoms with Gasteiger partial charge in [0.2, 0.25) is 0 Å². The highest BCUT2D eigenvalue weighted by Gasteiger charge is 2.35. The molecule has 3 nitrogen and oxygen atoms in total. The van der Waals surface area contributed by atoms with Crippen LogP contribution in [0.5, 0.6) is 0 Å². The summed E-state index contributed by atoms with van der Waals surface area (Å²) in [7, 11) is 0. The summed E-state index contributed by atoms with van der Waals surface area (Å²) in [6.07, 6.45) is 1.77. The molecule has 1 aliphatic rings. The lowest BCUT2D eigenvalue weighted by Crippen LogP contribution is -2.39. The summed E-state index contributed by atoms with van der Waals surface area (Å²) < 4.78 is 0. The Morgan fingerprint density at radius 1 is 1.22 bits per heavy atom. The minimum absolute atomic E-state index is 0.335. The molecule has 1 saturated heterocycles. The molecule has 0 spiro atoms. The largest absolute Gasteiger partial charge is 0.357 e. The van der Waals surface area contributed by atoms with Crippen molar-refractivity contribution in [2.24, 2.45) is 0 Å². The molecule has 1 aromatic carbocycles. The van der Waals surface area contributed by atoms with E-state index in [9.17, 15) is 5.26 Å². The van der Waals surface area contributed by atoms with Gasteiger partial charge >= 0.3 is 0 Å². The molecule has 3 rings (SSSR count). The second kappa shape index (κ2) is 4.15. The maximum absolute atomic E-state index is 9.58. The molecule has 3 heteroatoms. The minimum Gasteiger partial charge on any atom is -0.357 e. The maximum Gasteiger partial charge on any atom is 0.0995 e. The van der Waals surface area contributed by atoms with Crippen LogP contribution in [0.3, 0.4) is 0 Å². The molecule has 0 unspecified atom stereocenters.